The summed E-state index contributed by atoms with van der Waals surface area (Å²) in [4.78, 5) is 23.7. The number of thiophene rings is 1. The number of para-hydroxylation sites is 1. The van der Waals surface area contributed by atoms with E-state index in [-0.39, 0.29) is 5.91 Å². The summed E-state index contributed by atoms with van der Waals surface area (Å²) in [6.07, 6.45) is 5.60. The quantitative estimate of drug-likeness (QED) is 0.399. The lowest BCUT2D eigenvalue weighted by atomic mass is 10.1. The number of aromatic nitrogens is 2. The summed E-state index contributed by atoms with van der Waals surface area (Å²) in [5.74, 6) is 0.488. The molecule has 1 aliphatic rings. The van der Waals surface area contributed by atoms with E-state index in [1.54, 1.807) is 7.11 Å². The highest BCUT2D eigenvalue weighted by Gasteiger charge is 2.21. The molecule has 0 saturated heterocycles. The van der Waals surface area contributed by atoms with E-state index in [1.807, 2.05) is 29.6 Å². The van der Waals surface area contributed by atoms with E-state index < -0.39 is 0 Å². The molecule has 158 valence electrons. The second kappa shape index (κ2) is 8.28. The smallest absolute Gasteiger partial charge is 0.269 e. The van der Waals surface area contributed by atoms with E-state index >= 15 is 0 Å². The van der Waals surface area contributed by atoms with Crippen molar-refractivity contribution in [1.82, 2.24) is 9.97 Å². The number of carbonyl (C=O) groups is 1. The minimum Gasteiger partial charge on any atom is -0.496 e. The number of thiazole rings is 1. The number of hydrogen-bond acceptors (Lipinski definition) is 7. The number of carbonyl (C=O) groups excluding carboxylic acids is 1. The molecule has 0 saturated carbocycles. The van der Waals surface area contributed by atoms with Gasteiger partial charge in [0.25, 0.3) is 5.91 Å². The van der Waals surface area contributed by atoms with Gasteiger partial charge in [-0.05, 0) is 49.4 Å². The molecule has 31 heavy (non-hydrogen) atoms. The van der Waals surface area contributed by atoms with Crippen LogP contribution in [0.3, 0.4) is 0 Å². The first-order valence-corrected chi connectivity index (χ1v) is 11.9. The third-order valence-corrected chi connectivity index (χ3v) is 7.43. The number of nitrogens with one attached hydrogen (secondary N) is 1. The molecule has 0 atom stereocenters. The topological polar surface area (TPSA) is 90.1 Å². The molecular formula is C23H22N4O2S2. The molecule has 0 radical (unpaired) electrons. The fourth-order valence-corrected chi connectivity index (χ4v) is 5.67. The summed E-state index contributed by atoms with van der Waals surface area (Å²) in [6, 6.07) is 9.81. The molecule has 0 spiro atoms. The maximum Gasteiger partial charge on any atom is 0.269 e. The molecule has 1 amide bonds. The van der Waals surface area contributed by atoms with E-state index in [1.165, 1.54) is 41.1 Å². The third kappa shape index (κ3) is 3.77. The van der Waals surface area contributed by atoms with E-state index in [4.69, 9.17) is 15.5 Å². The number of pyridine rings is 1. The van der Waals surface area contributed by atoms with Crippen LogP contribution in [0.1, 0.15) is 40.2 Å². The van der Waals surface area contributed by atoms with Gasteiger partial charge < -0.3 is 10.5 Å². The summed E-state index contributed by atoms with van der Waals surface area (Å²) in [6.45, 7) is 0. The van der Waals surface area contributed by atoms with Crippen molar-refractivity contribution in [3.05, 3.63) is 51.8 Å². The van der Waals surface area contributed by atoms with Crippen LogP contribution in [0.5, 0.6) is 5.75 Å². The SMILES string of the molecule is COc1ccccc1-c1csc(NC(=O)c2sc3nc4c(cc3c2N)CCCCC4)n1. The Morgan fingerprint density at radius 2 is 2.00 bits per heavy atom. The van der Waals surface area contributed by atoms with E-state index in [0.717, 1.165) is 52.2 Å². The monoisotopic (exact) mass is 450 g/mol. The van der Waals surface area contributed by atoms with Gasteiger partial charge in [-0.15, -0.1) is 22.7 Å². The first-order valence-electron chi connectivity index (χ1n) is 10.2. The average Bonchev–Trinajstić information content (AvgIpc) is 3.29. The molecule has 1 aliphatic carbocycles. The Morgan fingerprint density at radius 3 is 2.87 bits per heavy atom. The van der Waals surface area contributed by atoms with Crippen LogP contribution in [0.15, 0.2) is 35.7 Å². The minimum atomic E-state index is -0.253. The zero-order valence-corrected chi connectivity index (χ0v) is 18.7. The summed E-state index contributed by atoms with van der Waals surface area (Å²) in [5.41, 5.74) is 10.9. The Hall–Kier alpha value is -2.97. The number of fused-ring (bicyclic) bond motifs is 2. The molecule has 3 heterocycles. The fourth-order valence-electron chi connectivity index (χ4n) is 3.97. The van der Waals surface area contributed by atoms with Gasteiger partial charge in [-0.1, -0.05) is 18.6 Å². The van der Waals surface area contributed by atoms with Crippen molar-refractivity contribution in [3.63, 3.8) is 0 Å². The van der Waals surface area contributed by atoms with Crippen LogP contribution in [0.2, 0.25) is 0 Å². The predicted molar refractivity (Wildman–Crippen MR) is 127 cm³/mol. The number of ether oxygens (including phenoxy) is 1. The lowest BCUT2D eigenvalue weighted by Crippen LogP contribution is -2.11. The van der Waals surface area contributed by atoms with Crippen LogP contribution in [0.4, 0.5) is 10.8 Å². The number of nitrogen functional groups attached to an aromatic ring is 1. The fraction of sp³-hybridized carbons (Fsp3) is 0.261. The minimum absolute atomic E-state index is 0.253. The highest BCUT2D eigenvalue weighted by molar-refractivity contribution is 7.21. The van der Waals surface area contributed by atoms with Crippen molar-refractivity contribution < 1.29 is 9.53 Å². The zero-order valence-electron chi connectivity index (χ0n) is 17.1. The molecule has 3 aromatic heterocycles. The van der Waals surface area contributed by atoms with Crippen molar-refractivity contribution in [2.45, 2.75) is 32.1 Å². The number of aryl methyl sites for hydroxylation is 2. The third-order valence-electron chi connectivity index (χ3n) is 5.56. The maximum absolute atomic E-state index is 13.0. The van der Waals surface area contributed by atoms with Gasteiger partial charge >= 0.3 is 0 Å². The van der Waals surface area contributed by atoms with Gasteiger partial charge in [-0.25, -0.2) is 9.97 Å². The van der Waals surface area contributed by atoms with E-state index in [9.17, 15) is 4.79 Å². The number of rotatable bonds is 4. The molecule has 1 aromatic carbocycles. The number of nitrogens with zero attached hydrogens (tertiary/aromatic N) is 2. The second-order valence-corrected chi connectivity index (χ2v) is 9.40. The number of anilines is 2. The normalized spacial score (nSPS) is 13.6. The van der Waals surface area contributed by atoms with Crippen LogP contribution in [0.25, 0.3) is 21.5 Å². The largest absolute Gasteiger partial charge is 0.496 e. The highest BCUT2D eigenvalue weighted by Crippen LogP contribution is 2.36. The predicted octanol–water partition coefficient (Wildman–Crippen LogP) is 5.53. The molecule has 0 aliphatic heterocycles. The lowest BCUT2D eigenvalue weighted by molar-refractivity contribution is 0.103. The van der Waals surface area contributed by atoms with Gasteiger partial charge in [0.15, 0.2) is 5.13 Å². The first kappa shape index (κ1) is 20.0. The van der Waals surface area contributed by atoms with Gasteiger partial charge in [-0.2, -0.15) is 0 Å². The standard InChI is InChI=1S/C23H22N4O2S2/c1-29-18-10-6-5-8-14(18)17-12-30-23(26-17)27-21(28)20-19(24)15-11-13-7-3-2-4-9-16(13)25-22(15)31-20/h5-6,8,10-12H,2-4,7,9,24H2,1H3,(H,26,27,28). The van der Waals surface area contributed by atoms with Crippen molar-refractivity contribution in [3.8, 4) is 17.0 Å². The Morgan fingerprint density at radius 1 is 1.16 bits per heavy atom. The number of methoxy groups -OCH3 is 1. The summed E-state index contributed by atoms with van der Waals surface area (Å²) < 4.78 is 5.41. The molecule has 6 nitrogen and oxygen atoms in total. The van der Waals surface area contributed by atoms with E-state index in [2.05, 4.69) is 16.4 Å². The average molecular weight is 451 g/mol. The van der Waals surface area contributed by atoms with Crippen LogP contribution >= 0.6 is 22.7 Å². The van der Waals surface area contributed by atoms with Gasteiger partial charge in [0.05, 0.1) is 18.5 Å². The summed E-state index contributed by atoms with van der Waals surface area (Å²) >= 11 is 2.72. The Labute approximate surface area is 188 Å². The van der Waals surface area contributed by atoms with Crippen LogP contribution in [-0.4, -0.2) is 23.0 Å². The highest BCUT2D eigenvalue weighted by atomic mass is 32.1. The van der Waals surface area contributed by atoms with Gasteiger partial charge in [0, 0.05) is 22.0 Å². The summed E-state index contributed by atoms with van der Waals surface area (Å²) in [7, 11) is 1.63. The maximum atomic E-state index is 13.0. The molecule has 0 bridgehead atoms. The molecular weight excluding hydrogens is 428 g/mol. The number of benzene rings is 1. The number of hydrogen-bond donors (Lipinski definition) is 2. The molecule has 3 N–H and O–H groups in total. The first-order chi connectivity index (χ1) is 15.1. The second-order valence-electron chi connectivity index (χ2n) is 7.54. The molecule has 4 aromatic rings. The molecule has 0 unspecified atom stereocenters. The van der Waals surface area contributed by atoms with Crippen molar-refractivity contribution >= 4 is 49.6 Å². The Bertz CT molecular complexity index is 1280. The van der Waals surface area contributed by atoms with Crippen LogP contribution < -0.4 is 15.8 Å². The van der Waals surface area contributed by atoms with Crippen molar-refractivity contribution in [2.75, 3.05) is 18.2 Å². The van der Waals surface area contributed by atoms with E-state index in [0.29, 0.717) is 15.7 Å². The van der Waals surface area contributed by atoms with Crippen LogP contribution in [0, 0.1) is 0 Å². The molecule has 8 heteroatoms. The van der Waals surface area contributed by atoms with Gasteiger partial charge in [0.2, 0.25) is 0 Å². The lowest BCUT2D eigenvalue weighted by Gasteiger charge is -2.05. The van der Waals surface area contributed by atoms with Crippen molar-refractivity contribution in [1.29, 1.82) is 0 Å². The van der Waals surface area contributed by atoms with Crippen LogP contribution in [-0.2, 0) is 12.8 Å². The number of nitrogens with two attached hydrogens (primary N) is 1. The molecule has 5 rings (SSSR count). The van der Waals surface area contributed by atoms with Gasteiger partial charge in [-0.3, -0.25) is 10.1 Å². The molecule has 0 fully saturated rings. The Kier molecular flexibility index (Phi) is 5.33. The number of amides is 1. The Balaban J connectivity index is 1.42. The van der Waals surface area contributed by atoms with Gasteiger partial charge in [0.1, 0.15) is 15.5 Å². The zero-order chi connectivity index (χ0) is 21.4. The van der Waals surface area contributed by atoms with Crippen molar-refractivity contribution in [2.24, 2.45) is 0 Å². The summed E-state index contributed by atoms with van der Waals surface area (Å²) in [5, 5.41) is 6.20.